The molecule has 0 bridgehead atoms. The number of nitrogens with zero attached hydrogens (tertiary/aromatic N) is 1. The molecule has 3 heteroatoms. The van der Waals surface area contributed by atoms with Gasteiger partial charge in [-0.2, -0.15) is 0 Å². The predicted octanol–water partition coefficient (Wildman–Crippen LogP) is 1.92. The Bertz CT molecular complexity index is 265. The van der Waals surface area contributed by atoms with Crippen molar-refractivity contribution in [2.24, 2.45) is 0 Å². The largest absolute Gasteiger partial charge is 0.385 e. The average molecular weight is 209 g/mol. The van der Waals surface area contributed by atoms with E-state index in [1.807, 2.05) is 0 Å². The molecular formula is C12H19NO2. The summed E-state index contributed by atoms with van der Waals surface area (Å²) >= 11 is 0. The van der Waals surface area contributed by atoms with Gasteiger partial charge in [-0.3, -0.25) is 0 Å². The molecule has 1 saturated carbocycles. The molecule has 0 aromatic carbocycles. The fourth-order valence-corrected chi connectivity index (χ4v) is 1.81. The minimum Gasteiger partial charge on any atom is -0.385 e. The van der Waals surface area contributed by atoms with Gasteiger partial charge in [0, 0.05) is 26.0 Å². The standard InChI is InChI=1S/C12H19NO2/c1-14-8-3-7-13-10-15-9-2-4-12(13)11-5-6-11/h2,4H,3,5-10H2,1H3. The lowest BCUT2D eigenvalue weighted by Gasteiger charge is -2.23. The highest BCUT2D eigenvalue weighted by Crippen LogP contribution is 2.34. The Hall–Kier alpha value is -0.800. The highest BCUT2D eigenvalue weighted by Gasteiger charge is 2.21. The monoisotopic (exact) mass is 209 g/mol. The van der Waals surface area contributed by atoms with Gasteiger partial charge in [0.05, 0.1) is 6.61 Å². The molecule has 0 aromatic heterocycles. The second-order valence-corrected chi connectivity index (χ2v) is 4.00. The third-order valence-corrected chi connectivity index (χ3v) is 2.72. The van der Waals surface area contributed by atoms with Crippen LogP contribution in [0.1, 0.15) is 19.3 Å². The van der Waals surface area contributed by atoms with E-state index >= 15 is 0 Å². The molecule has 1 fully saturated rings. The number of ether oxygens (including phenoxy) is 2. The van der Waals surface area contributed by atoms with Crippen molar-refractivity contribution in [3.8, 4) is 0 Å². The first-order chi connectivity index (χ1) is 7.42. The van der Waals surface area contributed by atoms with Crippen LogP contribution in [0, 0.1) is 0 Å². The summed E-state index contributed by atoms with van der Waals surface area (Å²) in [6.07, 6.45) is 7.91. The van der Waals surface area contributed by atoms with Gasteiger partial charge >= 0.3 is 0 Å². The topological polar surface area (TPSA) is 21.7 Å². The number of methoxy groups -OCH3 is 1. The Labute approximate surface area is 91.3 Å². The zero-order valence-corrected chi connectivity index (χ0v) is 9.37. The van der Waals surface area contributed by atoms with Crippen LogP contribution in [0.5, 0.6) is 0 Å². The molecule has 2 rings (SSSR count). The Morgan fingerprint density at radius 3 is 3.07 bits per heavy atom. The SMILES string of the molecule is COCCCN1COCC=CC1=C1CC1. The maximum atomic E-state index is 5.51. The Kier molecular flexibility index (Phi) is 3.80. The van der Waals surface area contributed by atoms with Crippen LogP contribution in [0.4, 0.5) is 0 Å². The second-order valence-electron chi connectivity index (χ2n) is 4.00. The fraction of sp³-hybridized carbons (Fsp3) is 0.667. The summed E-state index contributed by atoms with van der Waals surface area (Å²) < 4.78 is 10.6. The van der Waals surface area contributed by atoms with Crippen molar-refractivity contribution in [1.29, 1.82) is 0 Å². The smallest absolute Gasteiger partial charge is 0.119 e. The molecule has 0 saturated heterocycles. The van der Waals surface area contributed by atoms with E-state index in [-0.39, 0.29) is 0 Å². The van der Waals surface area contributed by atoms with Gasteiger partial charge in [0.2, 0.25) is 0 Å². The van der Waals surface area contributed by atoms with E-state index < -0.39 is 0 Å². The molecule has 2 aliphatic rings. The third kappa shape index (κ3) is 3.08. The molecule has 1 aliphatic heterocycles. The van der Waals surface area contributed by atoms with Crippen LogP contribution in [-0.2, 0) is 9.47 Å². The first-order valence-electron chi connectivity index (χ1n) is 5.62. The van der Waals surface area contributed by atoms with E-state index in [0.29, 0.717) is 0 Å². The molecule has 0 spiro atoms. The van der Waals surface area contributed by atoms with Crippen LogP contribution in [0.3, 0.4) is 0 Å². The Balaban J connectivity index is 1.94. The molecular weight excluding hydrogens is 190 g/mol. The van der Waals surface area contributed by atoms with Gasteiger partial charge in [0.15, 0.2) is 0 Å². The number of allylic oxidation sites excluding steroid dienone is 2. The number of rotatable bonds is 4. The van der Waals surface area contributed by atoms with Gasteiger partial charge in [-0.25, -0.2) is 0 Å². The molecule has 1 heterocycles. The maximum absolute atomic E-state index is 5.51. The lowest BCUT2D eigenvalue weighted by atomic mass is 10.3. The van der Waals surface area contributed by atoms with Crippen molar-refractivity contribution in [2.45, 2.75) is 19.3 Å². The quantitative estimate of drug-likeness (QED) is 0.660. The van der Waals surface area contributed by atoms with E-state index in [1.54, 1.807) is 12.7 Å². The van der Waals surface area contributed by atoms with Gasteiger partial charge in [-0.1, -0.05) is 6.08 Å². The summed E-state index contributed by atoms with van der Waals surface area (Å²) in [5.41, 5.74) is 2.97. The first-order valence-corrected chi connectivity index (χ1v) is 5.62. The normalized spacial score (nSPS) is 20.7. The van der Waals surface area contributed by atoms with Crippen LogP contribution < -0.4 is 0 Å². The first kappa shape index (κ1) is 10.7. The molecule has 84 valence electrons. The van der Waals surface area contributed by atoms with E-state index in [0.717, 1.165) is 32.9 Å². The molecule has 0 N–H and O–H groups in total. The number of hydrogen-bond acceptors (Lipinski definition) is 3. The zero-order valence-electron chi connectivity index (χ0n) is 9.37. The van der Waals surface area contributed by atoms with Gasteiger partial charge in [0.1, 0.15) is 6.73 Å². The second kappa shape index (κ2) is 5.33. The van der Waals surface area contributed by atoms with Crippen LogP contribution in [0.15, 0.2) is 23.4 Å². The van der Waals surface area contributed by atoms with E-state index in [1.165, 1.54) is 18.5 Å². The molecule has 15 heavy (non-hydrogen) atoms. The van der Waals surface area contributed by atoms with Gasteiger partial charge in [-0.05, 0) is 30.9 Å². The lowest BCUT2D eigenvalue weighted by molar-refractivity contribution is 0.0658. The van der Waals surface area contributed by atoms with Crippen LogP contribution in [0.25, 0.3) is 0 Å². The summed E-state index contributed by atoms with van der Waals surface area (Å²) in [4.78, 5) is 2.32. The highest BCUT2D eigenvalue weighted by atomic mass is 16.5. The summed E-state index contributed by atoms with van der Waals surface area (Å²) in [5, 5.41) is 0. The molecule has 0 atom stereocenters. The average Bonchev–Trinajstić information content (AvgIpc) is 3.04. The van der Waals surface area contributed by atoms with Crippen molar-refractivity contribution >= 4 is 0 Å². The molecule has 0 amide bonds. The third-order valence-electron chi connectivity index (χ3n) is 2.72. The summed E-state index contributed by atoms with van der Waals surface area (Å²) in [5.74, 6) is 0. The van der Waals surface area contributed by atoms with Gasteiger partial charge < -0.3 is 14.4 Å². The van der Waals surface area contributed by atoms with Crippen molar-refractivity contribution in [3.63, 3.8) is 0 Å². The highest BCUT2D eigenvalue weighted by molar-refractivity contribution is 5.32. The van der Waals surface area contributed by atoms with Gasteiger partial charge in [-0.15, -0.1) is 0 Å². The van der Waals surface area contributed by atoms with E-state index in [4.69, 9.17) is 9.47 Å². The van der Waals surface area contributed by atoms with Crippen LogP contribution in [-0.4, -0.2) is 38.5 Å². The van der Waals surface area contributed by atoms with E-state index in [9.17, 15) is 0 Å². The molecule has 0 aromatic rings. The Morgan fingerprint density at radius 2 is 2.33 bits per heavy atom. The fourth-order valence-electron chi connectivity index (χ4n) is 1.81. The van der Waals surface area contributed by atoms with Crippen molar-refractivity contribution in [3.05, 3.63) is 23.4 Å². The van der Waals surface area contributed by atoms with E-state index in [2.05, 4.69) is 17.1 Å². The van der Waals surface area contributed by atoms with Gasteiger partial charge in [0.25, 0.3) is 0 Å². The summed E-state index contributed by atoms with van der Waals surface area (Å²) in [6.45, 7) is 3.30. The Morgan fingerprint density at radius 1 is 1.47 bits per heavy atom. The van der Waals surface area contributed by atoms with Crippen LogP contribution in [0.2, 0.25) is 0 Å². The van der Waals surface area contributed by atoms with Crippen molar-refractivity contribution in [2.75, 3.05) is 33.6 Å². The lowest BCUT2D eigenvalue weighted by Crippen LogP contribution is -2.26. The maximum Gasteiger partial charge on any atom is 0.119 e. The predicted molar refractivity (Wildman–Crippen MR) is 59.4 cm³/mol. The van der Waals surface area contributed by atoms with Crippen LogP contribution >= 0.6 is 0 Å². The molecule has 3 nitrogen and oxygen atoms in total. The van der Waals surface area contributed by atoms with Crippen molar-refractivity contribution < 1.29 is 9.47 Å². The van der Waals surface area contributed by atoms with Crippen molar-refractivity contribution in [1.82, 2.24) is 4.90 Å². The molecule has 1 aliphatic carbocycles. The molecule has 0 radical (unpaired) electrons. The molecule has 0 unspecified atom stereocenters. The minimum absolute atomic E-state index is 0.718. The summed E-state index contributed by atoms with van der Waals surface area (Å²) in [6, 6.07) is 0. The number of hydrogen-bond donors (Lipinski definition) is 0. The minimum atomic E-state index is 0.718. The zero-order chi connectivity index (χ0) is 10.5. The summed E-state index contributed by atoms with van der Waals surface area (Å²) in [7, 11) is 1.75.